The van der Waals surface area contributed by atoms with E-state index in [0.29, 0.717) is 18.0 Å². The van der Waals surface area contributed by atoms with Gasteiger partial charge in [0.15, 0.2) is 5.65 Å². The molecular weight excluding hydrogens is 244 g/mol. The Bertz CT molecular complexity index is 538. The molecule has 0 saturated heterocycles. The van der Waals surface area contributed by atoms with Gasteiger partial charge in [-0.3, -0.25) is 5.10 Å². The maximum absolute atomic E-state index is 9.03. The average Bonchev–Trinajstić information content (AvgIpc) is 2.86. The van der Waals surface area contributed by atoms with Crippen LogP contribution in [0.25, 0.3) is 11.0 Å². The first-order chi connectivity index (χ1) is 9.17. The highest BCUT2D eigenvalue weighted by Gasteiger charge is 2.17. The summed E-state index contributed by atoms with van der Waals surface area (Å²) < 4.78 is 0. The van der Waals surface area contributed by atoms with Gasteiger partial charge in [0.05, 0.1) is 11.6 Å². The SMILES string of the molecule is CNc1nc(N(CCCO)C(C)C)c2cn[nH]c2n1. The first kappa shape index (κ1) is 13.5. The molecule has 7 heteroatoms. The van der Waals surface area contributed by atoms with E-state index in [4.69, 9.17) is 5.11 Å². The second kappa shape index (κ2) is 5.83. The van der Waals surface area contributed by atoms with Crippen molar-refractivity contribution in [2.24, 2.45) is 0 Å². The predicted octanol–water partition coefficient (Wildman–Crippen LogP) is 0.992. The van der Waals surface area contributed by atoms with Gasteiger partial charge >= 0.3 is 0 Å². The molecule has 0 unspecified atom stereocenters. The molecule has 0 radical (unpaired) electrons. The summed E-state index contributed by atoms with van der Waals surface area (Å²) in [7, 11) is 1.79. The molecule has 2 aromatic heterocycles. The Balaban J connectivity index is 2.47. The lowest BCUT2D eigenvalue weighted by molar-refractivity contribution is 0.288. The average molecular weight is 264 g/mol. The summed E-state index contributed by atoms with van der Waals surface area (Å²) in [6, 6.07) is 0.282. The molecule has 0 aromatic carbocycles. The molecule has 0 bridgehead atoms. The Hall–Kier alpha value is -1.89. The Kier molecular flexibility index (Phi) is 4.16. The fourth-order valence-electron chi connectivity index (χ4n) is 2.00. The molecule has 7 nitrogen and oxygen atoms in total. The summed E-state index contributed by atoms with van der Waals surface area (Å²) in [5.74, 6) is 1.40. The number of nitrogens with zero attached hydrogens (tertiary/aromatic N) is 4. The fraction of sp³-hybridized carbons (Fsp3) is 0.583. The molecule has 0 fully saturated rings. The highest BCUT2D eigenvalue weighted by Crippen LogP contribution is 2.25. The summed E-state index contributed by atoms with van der Waals surface area (Å²) in [6.07, 6.45) is 2.44. The van der Waals surface area contributed by atoms with Crippen LogP contribution < -0.4 is 10.2 Å². The molecule has 0 aliphatic carbocycles. The zero-order valence-electron chi connectivity index (χ0n) is 11.5. The number of rotatable bonds is 6. The minimum Gasteiger partial charge on any atom is -0.396 e. The van der Waals surface area contributed by atoms with Crippen LogP contribution in [0.3, 0.4) is 0 Å². The molecule has 0 amide bonds. The lowest BCUT2D eigenvalue weighted by atomic mass is 10.2. The number of aromatic nitrogens is 4. The van der Waals surface area contributed by atoms with E-state index in [-0.39, 0.29) is 12.6 Å². The van der Waals surface area contributed by atoms with Gasteiger partial charge in [0, 0.05) is 26.2 Å². The maximum Gasteiger partial charge on any atom is 0.226 e. The van der Waals surface area contributed by atoms with E-state index in [1.807, 2.05) is 0 Å². The fourth-order valence-corrected chi connectivity index (χ4v) is 2.00. The molecule has 0 spiro atoms. The van der Waals surface area contributed by atoms with Gasteiger partial charge in [-0.1, -0.05) is 0 Å². The molecule has 3 N–H and O–H groups in total. The maximum atomic E-state index is 9.03. The van der Waals surface area contributed by atoms with Crippen LogP contribution in [0, 0.1) is 0 Å². The van der Waals surface area contributed by atoms with E-state index in [9.17, 15) is 0 Å². The largest absolute Gasteiger partial charge is 0.396 e. The summed E-state index contributed by atoms with van der Waals surface area (Å²) in [5, 5.41) is 19.8. The molecule has 2 rings (SSSR count). The van der Waals surface area contributed by atoms with Crippen LogP contribution in [0.15, 0.2) is 6.20 Å². The number of aliphatic hydroxyl groups excluding tert-OH is 1. The molecule has 0 aliphatic rings. The summed E-state index contributed by atoms with van der Waals surface area (Å²) in [4.78, 5) is 11.0. The van der Waals surface area contributed by atoms with Crippen molar-refractivity contribution in [2.75, 3.05) is 30.4 Å². The topological polar surface area (TPSA) is 90.0 Å². The lowest BCUT2D eigenvalue weighted by Gasteiger charge is -2.28. The molecule has 2 aromatic rings. The number of anilines is 2. The van der Waals surface area contributed by atoms with E-state index in [1.54, 1.807) is 13.2 Å². The highest BCUT2D eigenvalue weighted by molar-refractivity contribution is 5.87. The van der Waals surface area contributed by atoms with Crippen LogP contribution in [-0.4, -0.2) is 51.5 Å². The van der Waals surface area contributed by atoms with Crippen molar-refractivity contribution in [1.82, 2.24) is 20.2 Å². The van der Waals surface area contributed by atoms with Crippen LogP contribution in [0.5, 0.6) is 0 Å². The molecule has 2 heterocycles. The number of fused-ring (bicyclic) bond motifs is 1. The minimum absolute atomic E-state index is 0.168. The van der Waals surface area contributed by atoms with Crippen LogP contribution in [0.2, 0.25) is 0 Å². The highest BCUT2D eigenvalue weighted by atomic mass is 16.3. The van der Waals surface area contributed by atoms with E-state index in [1.165, 1.54) is 0 Å². The van der Waals surface area contributed by atoms with Gasteiger partial charge in [-0.05, 0) is 20.3 Å². The van der Waals surface area contributed by atoms with Crippen LogP contribution in [0.4, 0.5) is 11.8 Å². The third-order valence-corrected chi connectivity index (χ3v) is 2.97. The van der Waals surface area contributed by atoms with Gasteiger partial charge in [-0.2, -0.15) is 15.1 Å². The number of aromatic amines is 1. The van der Waals surface area contributed by atoms with Crippen molar-refractivity contribution < 1.29 is 5.11 Å². The molecule has 104 valence electrons. The van der Waals surface area contributed by atoms with Crippen LogP contribution in [-0.2, 0) is 0 Å². The van der Waals surface area contributed by atoms with Gasteiger partial charge in [0.1, 0.15) is 5.82 Å². The monoisotopic (exact) mass is 264 g/mol. The van der Waals surface area contributed by atoms with Crippen LogP contribution >= 0.6 is 0 Å². The normalized spacial score (nSPS) is 11.2. The van der Waals surface area contributed by atoms with Gasteiger partial charge in [0.25, 0.3) is 0 Å². The summed E-state index contributed by atoms with van der Waals surface area (Å²) in [5.41, 5.74) is 0.712. The van der Waals surface area contributed by atoms with Crippen molar-refractivity contribution in [1.29, 1.82) is 0 Å². The summed E-state index contributed by atoms with van der Waals surface area (Å²) >= 11 is 0. The van der Waals surface area contributed by atoms with Crippen LogP contribution in [0.1, 0.15) is 20.3 Å². The molecule has 0 atom stereocenters. The van der Waals surface area contributed by atoms with Crippen molar-refractivity contribution in [2.45, 2.75) is 26.3 Å². The first-order valence-electron chi connectivity index (χ1n) is 6.43. The molecule has 0 saturated carbocycles. The second-order valence-electron chi connectivity index (χ2n) is 4.62. The first-order valence-corrected chi connectivity index (χ1v) is 6.43. The Labute approximate surface area is 112 Å². The Morgan fingerprint density at radius 3 is 2.84 bits per heavy atom. The quantitative estimate of drug-likeness (QED) is 0.721. The van der Waals surface area contributed by atoms with E-state index in [2.05, 4.69) is 44.2 Å². The molecule has 0 aliphatic heterocycles. The third kappa shape index (κ3) is 2.76. The Morgan fingerprint density at radius 1 is 1.42 bits per heavy atom. The van der Waals surface area contributed by atoms with Crippen molar-refractivity contribution in [3.05, 3.63) is 6.20 Å². The number of hydrogen-bond acceptors (Lipinski definition) is 6. The van der Waals surface area contributed by atoms with Gasteiger partial charge < -0.3 is 15.3 Å². The van der Waals surface area contributed by atoms with Gasteiger partial charge in [0.2, 0.25) is 5.95 Å². The van der Waals surface area contributed by atoms with E-state index < -0.39 is 0 Å². The van der Waals surface area contributed by atoms with E-state index >= 15 is 0 Å². The number of H-pyrrole nitrogens is 1. The number of hydrogen-bond donors (Lipinski definition) is 3. The Morgan fingerprint density at radius 2 is 2.21 bits per heavy atom. The van der Waals surface area contributed by atoms with Gasteiger partial charge in [-0.15, -0.1) is 0 Å². The zero-order valence-corrected chi connectivity index (χ0v) is 11.5. The summed E-state index contributed by atoms with van der Waals surface area (Å²) in [6.45, 7) is 5.12. The predicted molar refractivity (Wildman–Crippen MR) is 75.4 cm³/mol. The molecular formula is C12H20N6O. The van der Waals surface area contributed by atoms with E-state index in [0.717, 1.165) is 17.7 Å². The molecule has 19 heavy (non-hydrogen) atoms. The second-order valence-corrected chi connectivity index (χ2v) is 4.62. The standard InChI is InChI=1S/C12H20N6O/c1-8(2)18(5-4-6-19)11-9-7-14-17-10(9)15-12(13-3)16-11/h7-8,19H,4-6H2,1-3H3,(H2,13,14,15,16,17). The minimum atomic E-state index is 0.168. The van der Waals surface area contributed by atoms with Gasteiger partial charge in [-0.25, -0.2) is 0 Å². The van der Waals surface area contributed by atoms with Crippen molar-refractivity contribution >= 4 is 22.8 Å². The number of aliphatic hydroxyl groups is 1. The lowest BCUT2D eigenvalue weighted by Crippen LogP contribution is -2.33. The van der Waals surface area contributed by atoms with Crippen molar-refractivity contribution in [3.8, 4) is 0 Å². The zero-order chi connectivity index (χ0) is 13.8. The van der Waals surface area contributed by atoms with Crippen molar-refractivity contribution in [3.63, 3.8) is 0 Å². The smallest absolute Gasteiger partial charge is 0.226 e. The number of nitrogens with one attached hydrogen (secondary N) is 2. The third-order valence-electron chi connectivity index (χ3n) is 2.97.